The van der Waals surface area contributed by atoms with Gasteiger partial charge in [0.2, 0.25) is 11.7 Å². The highest BCUT2D eigenvalue weighted by Gasteiger charge is 2.31. The lowest BCUT2D eigenvalue weighted by atomic mass is 10.2. The van der Waals surface area contributed by atoms with Crippen molar-refractivity contribution in [3.05, 3.63) is 30.2 Å². The Hall–Kier alpha value is -2.78. The van der Waals surface area contributed by atoms with Gasteiger partial charge in [-0.2, -0.15) is 4.98 Å². The van der Waals surface area contributed by atoms with Crippen LogP contribution in [0.1, 0.15) is 39.6 Å². The van der Waals surface area contributed by atoms with Gasteiger partial charge >= 0.3 is 12.5 Å². The van der Waals surface area contributed by atoms with Gasteiger partial charge in [0, 0.05) is 5.56 Å². The number of amides is 1. The summed E-state index contributed by atoms with van der Waals surface area (Å²) in [7, 11) is 0. The second kappa shape index (κ2) is 7.22. The van der Waals surface area contributed by atoms with E-state index >= 15 is 0 Å². The highest BCUT2D eigenvalue weighted by Crippen LogP contribution is 2.27. The van der Waals surface area contributed by atoms with Gasteiger partial charge in [0.05, 0.1) is 0 Å². The van der Waals surface area contributed by atoms with Crippen molar-refractivity contribution in [3.63, 3.8) is 0 Å². The van der Waals surface area contributed by atoms with Crippen molar-refractivity contribution in [2.24, 2.45) is 0 Å². The average Bonchev–Trinajstić information content (AvgIpc) is 2.93. The fourth-order valence-electron chi connectivity index (χ4n) is 1.91. The maximum Gasteiger partial charge on any atom is 0.573 e. The summed E-state index contributed by atoms with van der Waals surface area (Å²) in [4.78, 5) is 15.8. The number of ether oxygens (including phenoxy) is 2. The van der Waals surface area contributed by atoms with E-state index in [-0.39, 0.29) is 17.3 Å². The molecule has 26 heavy (non-hydrogen) atoms. The van der Waals surface area contributed by atoms with Gasteiger partial charge < -0.3 is 19.3 Å². The fourth-order valence-corrected chi connectivity index (χ4v) is 1.91. The van der Waals surface area contributed by atoms with Crippen LogP contribution in [-0.2, 0) is 4.74 Å². The SMILES string of the molecule is C[C@H](NC(=O)OC(C)(C)C)c1nc(-c2cccc(OC(F)(F)F)c2)no1. The number of hydrogen-bond acceptors (Lipinski definition) is 6. The number of alkyl halides is 3. The second-order valence-electron chi connectivity index (χ2n) is 6.40. The molecule has 0 aliphatic heterocycles. The Morgan fingerprint density at radius 2 is 1.96 bits per heavy atom. The molecule has 1 amide bonds. The van der Waals surface area contributed by atoms with E-state index in [4.69, 9.17) is 9.26 Å². The van der Waals surface area contributed by atoms with Crippen molar-refractivity contribution in [1.29, 1.82) is 0 Å². The molecule has 0 fully saturated rings. The third kappa shape index (κ3) is 5.94. The Labute approximate surface area is 147 Å². The van der Waals surface area contributed by atoms with Crippen LogP contribution in [0.4, 0.5) is 18.0 Å². The first kappa shape index (κ1) is 19.5. The molecule has 1 atom stereocenters. The van der Waals surface area contributed by atoms with Crippen LogP contribution < -0.4 is 10.1 Å². The Bertz CT molecular complexity index is 769. The molecule has 142 valence electrons. The molecule has 0 spiro atoms. The van der Waals surface area contributed by atoms with E-state index in [2.05, 4.69) is 20.2 Å². The van der Waals surface area contributed by atoms with Crippen molar-refractivity contribution < 1.29 is 32.0 Å². The standard InChI is InChI=1S/C16H18F3N3O4/c1-9(20-14(23)25-15(2,3)4)13-21-12(22-26-13)10-6-5-7-11(8-10)24-16(17,18)19/h5-9H,1-4H3,(H,20,23)/t9-/m0/s1. The van der Waals surface area contributed by atoms with E-state index in [1.54, 1.807) is 27.7 Å². The number of halogens is 3. The number of nitrogens with zero attached hydrogens (tertiary/aromatic N) is 2. The maximum absolute atomic E-state index is 12.3. The molecule has 1 heterocycles. The van der Waals surface area contributed by atoms with Crippen LogP contribution in [0.2, 0.25) is 0 Å². The summed E-state index contributed by atoms with van der Waals surface area (Å²) in [5, 5.41) is 6.24. The fraction of sp³-hybridized carbons (Fsp3) is 0.438. The second-order valence-corrected chi connectivity index (χ2v) is 6.40. The zero-order chi connectivity index (χ0) is 19.5. The van der Waals surface area contributed by atoms with Gasteiger partial charge in [-0.15, -0.1) is 13.2 Å². The van der Waals surface area contributed by atoms with Crippen LogP contribution >= 0.6 is 0 Å². The minimum atomic E-state index is -4.80. The van der Waals surface area contributed by atoms with E-state index in [0.29, 0.717) is 0 Å². The monoisotopic (exact) mass is 373 g/mol. The van der Waals surface area contributed by atoms with Crippen LogP contribution in [0.5, 0.6) is 5.75 Å². The predicted octanol–water partition coefficient (Wildman–Crippen LogP) is 4.22. The first-order chi connectivity index (χ1) is 11.9. The number of carbonyl (C=O) groups excluding carboxylic acids is 1. The molecule has 7 nitrogen and oxygen atoms in total. The van der Waals surface area contributed by atoms with Crippen molar-refractivity contribution in [1.82, 2.24) is 15.5 Å². The van der Waals surface area contributed by atoms with Gasteiger partial charge in [0.15, 0.2) is 0 Å². The summed E-state index contributed by atoms with van der Waals surface area (Å²) < 4.78 is 50.9. The lowest BCUT2D eigenvalue weighted by molar-refractivity contribution is -0.274. The van der Waals surface area contributed by atoms with E-state index in [1.807, 2.05) is 0 Å². The van der Waals surface area contributed by atoms with E-state index in [0.717, 1.165) is 12.1 Å². The molecule has 0 unspecified atom stereocenters. The Balaban J connectivity index is 2.10. The third-order valence-corrected chi connectivity index (χ3v) is 2.87. The van der Waals surface area contributed by atoms with Crippen molar-refractivity contribution >= 4 is 6.09 Å². The first-order valence-electron chi connectivity index (χ1n) is 7.62. The summed E-state index contributed by atoms with van der Waals surface area (Å²) in [5.74, 6) is -0.264. The van der Waals surface area contributed by atoms with Crippen molar-refractivity contribution in [2.75, 3.05) is 0 Å². The van der Waals surface area contributed by atoms with Crippen LogP contribution in [0.25, 0.3) is 11.4 Å². The molecule has 0 aliphatic carbocycles. The highest BCUT2D eigenvalue weighted by atomic mass is 19.4. The summed E-state index contributed by atoms with van der Waals surface area (Å²) in [5.41, 5.74) is -0.394. The number of benzene rings is 1. The number of nitrogens with one attached hydrogen (secondary N) is 1. The molecular weight excluding hydrogens is 355 g/mol. The topological polar surface area (TPSA) is 86.5 Å². The van der Waals surface area contributed by atoms with Gasteiger partial charge in [0.1, 0.15) is 17.4 Å². The molecule has 10 heteroatoms. The van der Waals surface area contributed by atoms with Crippen molar-refractivity contribution in [2.45, 2.75) is 45.7 Å². The van der Waals surface area contributed by atoms with Crippen LogP contribution in [-0.4, -0.2) is 28.2 Å². The van der Waals surface area contributed by atoms with Gasteiger partial charge in [-0.1, -0.05) is 17.3 Å². The minimum Gasteiger partial charge on any atom is -0.444 e. The highest BCUT2D eigenvalue weighted by molar-refractivity contribution is 5.68. The first-order valence-corrected chi connectivity index (χ1v) is 7.62. The van der Waals surface area contributed by atoms with E-state index < -0.39 is 29.8 Å². The molecule has 1 aromatic carbocycles. The average molecular weight is 373 g/mol. The van der Waals surface area contributed by atoms with E-state index in [9.17, 15) is 18.0 Å². The van der Waals surface area contributed by atoms with Crippen LogP contribution in [0.15, 0.2) is 28.8 Å². The quantitative estimate of drug-likeness (QED) is 0.863. The van der Waals surface area contributed by atoms with Gasteiger partial charge in [-0.3, -0.25) is 0 Å². The lowest BCUT2D eigenvalue weighted by Gasteiger charge is -2.20. The third-order valence-electron chi connectivity index (χ3n) is 2.87. The Morgan fingerprint density at radius 3 is 2.58 bits per heavy atom. The summed E-state index contributed by atoms with van der Waals surface area (Å²) in [6, 6.07) is 4.51. The maximum atomic E-state index is 12.3. The zero-order valence-electron chi connectivity index (χ0n) is 14.5. The van der Waals surface area contributed by atoms with Gasteiger partial charge in [-0.05, 0) is 39.8 Å². The zero-order valence-corrected chi connectivity index (χ0v) is 14.5. The predicted molar refractivity (Wildman–Crippen MR) is 84.2 cm³/mol. The van der Waals surface area contributed by atoms with Crippen LogP contribution in [0, 0.1) is 0 Å². The molecule has 2 rings (SSSR count). The smallest absolute Gasteiger partial charge is 0.444 e. The minimum absolute atomic E-state index is 0.0606. The largest absolute Gasteiger partial charge is 0.573 e. The Kier molecular flexibility index (Phi) is 5.43. The van der Waals surface area contributed by atoms with Crippen LogP contribution in [0.3, 0.4) is 0 Å². The molecule has 2 aromatic rings. The molecule has 0 bridgehead atoms. The number of hydrogen-bond donors (Lipinski definition) is 1. The molecule has 0 aliphatic rings. The number of carbonyl (C=O) groups is 1. The number of aromatic nitrogens is 2. The molecule has 0 radical (unpaired) electrons. The molecule has 0 saturated heterocycles. The normalized spacial score (nSPS) is 13.2. The summed E-state index contributed by atoms with van der Waals surface area (Å²) in [6.07, 6.45) is -5.46. The lowest BCUT2D eigenvalue weighted by Crippen LogP contribution is -2.34. The molecule has 1 aromatic heterocycles. The van der Waals surface area contributed by atoms with Crippen molar-refractivity contribution in [3.8, 4) is 17.1 Å². The Morgan fingerprint density at radius 1 is 1.27 bits per heavy atom. The number of rotatable bonds is 4. The number of alkyl carbamates (subject to hydrolysis) is 1. The molecular formula is C16H18F3N3O4. The summed E-state index contributed by atoms with van der Waals surface area (Å²) in [6.45, 7) is 6.76. The molecule has 0 saturated carbocycles. The van der Waals surface area contributed by atoms with Gasteiger partial charge in [-0.25, -0.2) is 4.79 Å². The molecule has 1 N–H and O–H groups in total. The van der Waals surface area contributed by atoms with Gasteiger partial charge in [0.25, 0.3) is 0 Å². The summed E-state index contributed by atoms with van der Waals surface area (Å²) >= 11 is 0. The van der Waals surface area contributed by atoms with E-state index in [1.165, 1.54) is 12.1 Å².